The maximum absolute atomic E-state index is 3.30. The molecule has 1 radical (unpaired) electrons. The molecule has 0 nitrogen and oxygen atoms in total. The molecule has 0 atom stereocenters. The zero-order chi connectivity index (χ0) is 20.4. The van der Waals surface area contributed by atoms with Crippen LogP contribution < -0.4 is 0 Å². The van der Waals surface area contributed by atoms with E-state index in [1.165, 1.54) is 22.3 Å². The smallest absolute Gasteiger partial charge is 0.0111 e. The van der Waals surface area contributed by atoms with Crippen molar-refractivity contribution in [2.45, 2.75) is 0 Å². The molecule has 143 valence electrons. The summed E-state index contributed by atoms with van der Waals surface area (Å²) in [4.78, 5) is 0. The van der Waals surface area contributed by atoms with Gasteiger partial charge in [-0.05, 0) is 51.6 Å². The van der Waals surface area contributed by atoms with Crippen LogP contribution >= 0.6 is 0 Å². The second kappa shape index (κ2) is 10.0. The van der Waals surface area contributed by atoms with Gasteiger partial charge in [0.15, 0.2) is 0 Å². The van der Waals surface area contributed by atoms with Crippen LogP contribution in [0.4, 0.5) is 0 Å². The Morgan fingerprint density at radius 3 is 1.17 bits per heavy atom. The monoisotopic (exact) mass is 383 g/mol. The predicted molar refractivity (Wildman–Crippen MR) is 131 cm³/mol. The van der Waals surface area contributed by atoms with Gasteiger partial charge in [-0.15, -0.1) is 0 Å². The van der Waals surface area contributed by atoms with Crippen LogP contribution in [0.5, 0.6) is 0 Å². The number of rotatable bonds is 6. The topological polar surface area (TPSA) is 0 Å². The van der Waals surface area contributed by atoms with E-state index in [0.29, 0.717) is 0 Å². The summed E-state index contributed by atoms with van der Waals surface area (Å²) in [5, 5.41) is 0. The van der Waals surface area contributed by atoms with Crippen molar-refractivity contribution in [2.75, 3.05) is 0 Å². The Labute approximate surface area is 179 Å². The Hall–Kier alpha value is -3.90. The molecular formula is C30H23. The van der Waals surface area contributed by atoms with Crippen LogP contribution in [0.25, 0.3) is 36.5 Å². The molecule has 4 aromatic carbocycles. The van der Waals surface area contributed by atoms with Gasteiger partial charge in [-0.25, -0.2) is 0 Å². The fourth-order valence-electron chi connectivity index (χ4n) is 3.26. The maximum atomic E-state index is 3.30. The maximum Gasteiger partial charge on any atom is -0.0111 e. The highest BCUT2D eigenvalue weighted by Gasteiger charge is 2.02. The van der Waals surface area contributed by atoms with Crippen LogP contribution in [0.2, 0.25) is 0 Å². The van der Waals surface area contributed by atoms with Crippen molar-refractivity contribution in [3.63, 3.8) is 0 Å². The largest absolute Gasteiger partial charge is 0.0622 e. The first-order chi connectivity index (χ1) is 14.9. The lowest BCUT2D eigenvalue weighted by Gasteiger charge is -2.07. The second-order valence-electron chi connectivity index (χ2n) is 7.01. The van der Waals surface area contributed by atoms with Crippen molar-refractivity contribution in [3.05, 3.63) is 143 Å². The summed E-state index contributed by atoms with van der Waals surface area (Å²) in [5.41, 5.74) is 7.00. The highest BCUT2D eigenvalue weighted by molar-refractivity contribution is 5.85. The Morgan fingerprint density at radius 1 is 0.400 bits per heavy atom. The van der Waals surface area contributed by atoms with E-state index in [2.05, 4.69) is 115 Å². The van der Waals surface area contributed by atoms with Crippen LogP contribution in [0, 0.1) is 6.07 Å². The number of hydrogen-bond acceptors (Lipinski definition) is 0. The zero-order valence-corrected chi connectivity index (χ0v) is 16.8. The van der Waals surface area contributed by atoms with Crippen LogP contribution in [0.3, 0.4) is 0 Å². The van der Waals surface area contributed by atoms with Crippen molar-refractivity contribution < 1.29 is 0 Å². The van der Waals surface area contributed by atoms with Crippen molar-refractivity contribution in [1.82, 2.24) is 0 Å². The predicted octanol–water partition coefficient (Wildman–Crippen LogP) is 8.00. The van der Waals surface area contributed by atoms with E-state index in [4.69, 9.17) is 0 Å². The van der Waals surface area contributed by atoms with Crippen molar-refractivity contribution >= 4 is 36.5 Å². The van der Waals surface area contributed by atoms with E-state index in [1.807, 2.05) is 30.3 Å². The normalized spacial score (nSPS) is 11.6. The quantitative estimate of drug-likeness (QED) is 0.296. The standard InChI is InChI=1S/C30H23/c1-4-11-25(12-5-1)19-22-28-17-10-18-29(23-20-26-13-6-2-7-14-26)30(28)24-21-27-15-8-3-9-16-27/h1-9,11-24H. The molecule has 0 saturated heterocycles. The van der Waals surface area contributed by atoms with Crippen molar-refractivity contribution in [3.8, 4) is 0 Å². The van der Waals surface area contributed by atoms with Gasteiger partial charge in [-0.3, -0.25) is 0 Å². The molecule has 0 aliphatic carbocycles. The van der Waals surface area contributed by atoms with Crippen LogP contribution in [-0.4, -0.2) is 0 Å². The zero-order valence-electron chi connectivity index (χ0n) is 16.8. The lowest BCUT2D eigenvalue weighted by molar-refractivity contribution is 1.56. The Bertz CT molecular complexity index is 1080. The van der Waals surface area contributed by atoms with E-state index >= 15 is 0 Å². The molecule has 0 fully saturated rings. The molecule has 0 bridgehead atoms. The summed E-state index contributed by atoms with van der Waals surface area (Å²) in [6.07, 6.45) is 13.0. The molecule has 0 heterocycles. The van der Waals surface area contributed by atoms with E-state index in [9.17, 15) is 0 Å². The van der Waals surface area contributed by atoms with E-state index in [1.54, 1.807) is 0 Å². The fourth-order valence-corrected chi connectivity index (χ4v) is 3.26. The van der Waals surface area contributed by atoms with Crippen LogP contribution in [0.1, 0.15) is 33.4 Å². The molecule has 0 aliphatic heterocycles. The summed E-state index contributed by atoms with van der Waals surface area (Å²) in [6, 6.07) is 38.5. The Balaban J connectivity index is 1.72. The first-order valence-electron chi connectivity index (χ1n) is 10.1. The summed E-state index contributed by atoms with van der Waals surface area (Å²) < 4.78 is 0. The van der Waals surface area contributed by atoms with Gasteiger partial charge >= 0.3 is 0 Å². The third kappa shape index (κ3) is 5.33. The molecule has 0 spiro atoms. The van der Waals surface area contributed by atoms with Gasteiger partial charge in [-0.2, -0.15) is 0 Å². The Kier molecular flexibility index (Phi) is 6.50. The van der Waals surface area contributed by atoms with Gasteiger partial charge in [0.2, 0.25) is 0 Å². The molecule has 0 amide bonds. The summed E-state index contributed by atoms with van der Waals surface area (Å²) in [5.74, 6) is 0. The highest BCUT2D eigenvalue weighted by Crippen LogP contribution is 2.23. The lowest BCUT2D eigenvalue weighted by atomic mass is 9.97. The van der Waals surface area contributed by atoms with Gasteiger partial charge in [0.05, 0.1) is 0 Å². The molecule has 0 N–H and O–H groups in total. The van der Waals surface area contributed by atoms with Crippen LogP contribution in [0.15, 0.2) is 103 Å². The molecule has 0 aromatic heterocycles. The lowest BCUT2D eigenvalue weighted by Crippen LogP contribution is -1.87. The molecule has 0 aliphatic rings. The Morgan fingerprint density at radius 2 is 0.767 bits per heavy atom. The molecule has 0 heteroatoms. The molecule has 0 saturated carbocycles. The van der Waals surface area contributed by atoms with E-state index in [-0.39, 0.29) is 0 Å². The molecule has 30 heavy (non-hydrogen) atoms. The second-order valence-corrected chi connectivity index (χ2v) is 7.01. The SMILES string of the molecule is [c]1cc(C=Cc2ccccc2)c(C=Cc2ccccc2)c(C=Cc2ccccc2)c1. The van der Waals surface area contributed by atoms with Crippen LogP contribution in [-0.2, 0) is 0 Å². The van der Waals surface area contributed by atoms with Gasteiger partial charge < -0.3 is 0 Å². The van der Waals surface area contributed by atoms with E-state index < -0.39 is 0 Å². The average Bonchev–Trinajstić information content (AvgIpc) is 2.82. The molecular weight excluding hydrogens is 360 g/mol. The molecule has 0 unspecified atom stereocenters. The number of hydrogen-bond donors (Lipinski definition) is 0. The molecule has 4 rings (SSSR count). The average molecular weight is 384 g/mol. The minimum atomic E-state index is 1.14. The van der Waals surface area contributed by atoms with Crippen molar-refractivity contribution in [1.29, 1.82) is 0 Å². The highest BCUT2D eigenvalue weighted by atomic mass is 14.1. The summed E-state index contributed by atoms with van der Waals surface area (Å²) >= 11 is 0. The van der Waals surface area contributed by atoms with E-state index in [0.717, 1.165) is 11.1 Å². The minimum Gasteiger partial charge on any atom is -0.0622 e. The minimum absolute atomic E-state index is 1.14. The van der Waals surface area contributed by atoms with Gasteiger partial charge in [0.25, 0.3) is 0 Å². The summed E-state index contributed by atoms with van der Waals surface area (Å²) in [7, 11) is 0. The number of benzene rings is 4. The van der Waals surface area contributed by atoms with Crippen molar-refractivity contribution in [2.24, 2.45) is 0 Å². The van der Waals surface area contributed by atoms with Gasteiger partial charge in [-0.1, -0.05) is 127 Å². The first-order valence-corrected chi connectivity index (χ1v) is 10.1. The first kappa shape index (κ1) is 19.4. The third-order valence-corrected chi connectivity index (χ3v) is 4.85. The molecule has 4 aromatic rings. The summed E-state index contributed by atoms with van der Waals surface area (Å²) in [6.45, 7) is 0. The van der Waals surface area contributed by atoms with Gasteiger partial charge in [0.1, 0.15) is 0 Å². The van der Waals surface area contributed by atoms with Gasteiger partial charge in [0, 0.05) is 0 Å². The fraction of sp³-hybridized carbons (Fsp3) is 0. The third-order valence-electron chi connectivity index (χ3n) is 4.85.